The molecule has 0 amide bonds. The van der Waals surface area contributed by atoms with Crippen LogP contribution in [0.4, 0.5) is 0 Å². The van der Waals surface area contributed by atoms with Crippen LogP contribution in [0.3, 0.4) is 0 Å². The fraction of sp³-hybridized carbons (Fsp3) is 1.00. The number of hydrogen-bond acceptors (Lipinski definition) is 6. The lowest BCUT2D eigenvalue weighted by Crippen LogP contribution is -2.52. The largest absolute Gasteiger partial charge is 0.415 e. The van der Waals surface area contributed by atoms with Crippen LogP contribution < -0.4 is 0 Å². The maximum atomic E-state index is 9.83. The Balaban J connectivity index is 4.73. The van der Waals surface area contributed by atoms with Gasteiger partial charge in [-0.05, 0) is 25.6 Å². The molecule has 0 bridgehead atoms. The number of rotatable bonds is 9. The van der Waals surface area contributed by atoms with Crippen molar-refractivity contribution in [2.45, 2.75) is 37.7 Å². The van der Waals surface area contributed by atoms with E-state index in [0.717, 1.165) is 0 Å². The van der Waals surface area contributed by atoms with Crippen molar-refractivity contribution < 1.29 is 28.7 Å². The van der Waals surface area contributed by atoms with Crippen LogP contribution in [0.5, 0.6) is 0 Å². The fourth-order valence-corrected chi connectivity index (χ4v) is 8.48. The fourth-order valence-electron chi connectivity index (χ4n) is 1.65. The van der Waals surface area contributed by atoms with Gasteiger partial charge in [0.1, 0.15) is 0 Å². The first-order valence-electron chi connectivity index (χ1n) is 5.66. The highest BCUT2D eigenvalue weighted by Crippen LogP contribution is 2.25. The van der Waals surface area contributed by atoms with Crippen molar-refractivity contribution in [3.05, 3.63) is 0 Å². The van der Waals surface area contributed by atoms with Crippen molar-refractivity contribution in [1.82, 2.24) is 0 Å². The van der Waals surface area contributed by atoms with Crippen LogP contribution in [-0.4, -0.2) is 63.7 Å². The summed E-state index contributed by atoms with van der Waals surface area (Å²) in [6.07, 6.45) is -0.431. The van der Waals surface area contributed by atoms with Gasteiger partial charge in [-0.1, -0.05) is 0 Å². The highest BCUT2D eigenvalue weighted by molar-refractivity contribution is 6.79. The predicted octanol–water partition coefficient (Wildman–Crippen LogP) is -0.479. The molecule has 0 aliphatic rings. The van der Waals surface area contributed by atoms with Gasteiger partial charge >= 0.3 is 17.1 Å². The zero-order valence-corrected chi connectivity index (χ0v) is 12.7. The summed E-state index contributed by atoms with van der Waals surface area (Å²) in [5, 5.41) is 27.3. The summed E-state index contributed by atoms with van der Waals surface area (Å²) < 4.78 is 11.1. The zero-order chi connectivity index (χ0) is 13.5. The minimum absolute atomic E-state index is 0.00407. The van der Waals surface area contributed by atoms with E-state index in [4.69, 9.17) is 18.8 Å². The molecule has 17 heavy (non-hydrogen) atoms. The molecule has 0 saturated carbocycles. The molecule has 0 saturated heterocycles. The lowest BCUT2D eigenvalue weighted by atomic mass is 10.4. The molecule has 0 rings (SSSR count). The molecule has 6 nitrogen and oxygen atoms in total. The smallest absolute Gasteiger partial charge is 0.331 e. The molecule has 0 aliphatic heterocycles. The van der Waals surface area contributed by atoms with E-state index in [1.165, 1.54) is 7.11 Å². The van der Waals surface area contributed by atoms with E-state index in [1.807, 2.05) is 0 Å². The van der Waals surface area contributed by atoms with Gasteiger partial charge in [-0.25, -0.2) is 0 Å². The molecule has 0 aromatic carbocycles. The van der Waals surface area contributed by atoms with Crippen LogP contribution in [0, 0.1) is 0 Å². The van der Waals surface area contributed by atoms with Gasteiger partial charge in [0.15, 0.2) is 0 Å². The van der Waals surface area contributed by atoms with Crippen LogP contribution in [0.2, 0.25) is 25.2 Å². The molecule has 2 unspecified atom stereocenters. The van der Waals surface area contributed by atoms with Gasteiger partial charge < -0.3 is 28.7 Å². The lowest BCUT2D eigenvalue weighted by molar-refractivity contribution is 0.0986. The normalized spacial score (nSPS) is 17.8. The summed E-state index contributed by atoms with van der Waals surface area (Å²) in [6.45, 7) is 2.88. The summed E-state index contributed by atoms with van der Waals surface area (Å²) in [6, 6.07) is 0.672. The average molecular weight is 284 g/mol. The molecule has 0 heterocycles. The Morgan fingerprint density at radius 1 is 1.24 bits per heavy atom. The van der Waals surface area contributed by atoms with Crippen molar-refractivity contribution in [3.63, 3.8) is 0 Å². The number of aliphatic hydroxyl groups is 3. The SMILES string of the molecule is CO[Si](CCCO)(CC(O)CO)O[Si](C)(C)O. The maximum Gasteiger partial charge on any atom is 0.331 e. The van der Waals surface area contributed by atoms with Crippen LogP contribution in [0.25, 0.3) is 0 Å². The molecule has 0 fully saturated rings. The Morgan fingerprint density at radius 2 is 1.82 bits per heavy atom. The highest BCUT2D eigenvalue weighted by atomic mass is 28.5. The quantitative estimate of drug-likeness (QED) is 0.427. The first-order chi connectivity index (χ1) is 7.78. The first kappa shape index (κ1) is 17.2. The van der Waals surface area contributed by atoms with Gasteiger partial charge in [-0.15, -0.1) is 0 Å². The van der Waals surface area contributed by atoms with E-state index < -0.39 is 23.2 Å². The molecule has 0 spiro atoms. The second-order valence-electron chi connectivity index (χ2n) is 4.53. The monoisotopic (exact) mass is 284 g/mol. The van der Waals surface area contributed by atoms with Crippen LogP contribution in [0.1, 0.15) is 6.42 Å². The van der Waals surface area contributed by atoms with E-state index in [-0.39, 0.29) is 19.3 Å². The summed E-state index contributed by atoms with van der Waals surface area (Å²) in [5.74, 6) is 0. The third kappa shape index (κ3) is 7.26. The van der Waals surface area contributed by atoms with Crippen LogP contribution in [0.15, 0.2) is 0 Å². The van der Waals surface area contributed by atoms with Crippen LogP contribution >= 0.6 is 0 Å². The molecule has 8 heteroatoms. The summed E-state index contributed by atoms with van der Waals surface area (Å²) in [5.41, 5.74) is 0. The van der Waals surface area contributed by atoms with Gasteiger partial charge in [0, 0.05) is 19.8 Å². The Morgan fingerprint density at radius 3 is 2.18 bits per heavy atom. The molecule has 0 radical (unpaired) electrons. The van der Waals surface area contributed by atoms with Crippen molar-refractivity contribution >= 4 is 17.1 Å². The molecular weight excluding hydrogens is 260 g/mol. The van der Waals surface area contributed by atoms with E-state index >= 15 is 0 Å². The molecular formula is C9H24O6Si2. The van der Waals surface area contributed by atoms with Crippen molar-refractivity contribution in [2.75, 3.05) is 20.3 Å². The second-order valence-corrected chi connectivity index (χ2v) is 11.4. The van der Waals surface area contributed by atoms with Gasteiger partial charge in [0.05, 0.1) is 12.7 Å². The molecule has 0 aliphatic carbocycles. The zero-order valence-electron chi connectivity index (χ0n) is 10.7. The highest BCUT2D eigenvalue weighted by Gasteiger charge is 2.43. The Bertz CT molecular complexity index is 210. The Labute approximate surface area is 104 Å². The Kier molecular flexibility index (Phi) is 7.68. The van der Waals surface area contributed by atoms with Gasteiger partial charge in [-0.2, -0.15) is 0 Å². The topological polar surface area (TPSA) is 99.4 Å². The van der Waals surface area contributed by atoms with Crippen molar-refractivity contribution in [2.24, 2.45) is 0 Å². The van der Waals surface area contributed by atoms with E-state index in [2.05, 4.69) is 0 Å². The van der Waals surface area contributed by atoms with E-state index in [1.54, 1.807) is 13.1 Å². The van der Waals surface area contributed by atoms with Crippen LogP contribution in [-0.2, 0) is 8.54 Å². The number of hydrogen-bond donors (Lipinski definition) is 4. The standard InChI is InChI=1S/C9H24O6Si2/c1-14-17(6-4-5-10,8-9(12)7-11)15-16(2,3)13/h9-13H,4-8H2,1-3H3. The average Bonchev–Trinajstić information content (AvgIpc) is 2.23. The van der Waals surface area contributed by atoms with Crippen molar-refractivity contribution in [1.29, 1.82) is 0 Å². The third-order valence-corrected chi connectivity index (χ3v) is 8.72. The molecule has 104 valence electrons. The maximum absolute atomic E-state index is 9.83. The van der Waals surface area contributed by atoms with E-state index in [0.29, 0.717) is 12.5 Å². The molecule has 2 atom stereocenters. The predicted molar refractivity (Wildman–Crippen MR) is 68.0 cm³/mol. The molecule has 4 N–H and O–H groups in total. The molecule has 0 aromatic heterocycles. The summed E-state index contributed by atoms with van der Waals surface area (Å²) in [4.78, 5) is 9.83. The Hall–Kier alpha value is 0.194. The lowest BCUT2D eigenvalue weighted by Gasteiger charge is -2.35. The second kappa shape index (κ2) is 7.59. The van der Waals surface area contributed by atoms with Gasteiger partial charge in [0.25, 0.3) is 0 Å². The minimum Gasteiger partial charge on any atom is -0.415 e. The van der Waals surface area contributed by atoms with Crippen molar-refractivity contribution in [3.8, 4) is 0 Å². The molecule has 0 aromatic rings. The van der Waals surface area contributed by atoms with Gasteiger partial charge in [0.2, 0.25) is 0 Å². The summed E-state index contributed by atoms with van der Waals surface area (Å²) in [7, 11) is -4.07. The minimum atomic E-state index is -2.78. The summed E-state index contributed by atoms with van der Waals surface area (Å²) >= 11 is 0. The first-order valence-corrected chi connectivity index (χ1v) is 10.7. The van der Waals surface area contributed by atoms with E-state index in [9.17, 15) is 9.90 Å². The number of aliphatic hydroxyl groups excluding tert-OH is 3. The van der Waals surface area contributed by atoms with Gasteiger partial charge in [-0.3, -0.25) is 0 Å². The third-order valence-electron chi connectivity index (χ3n) is 2.28.